The Balaban J connectivity index is 2.02. The fraction of sp³-hybridized carbons (Fsp3) is 0.562. The van der Waals surface area contributed by atoms with E-state index in [0.717, 1.165) is 44.6 Å². The van der Waals surface area contributed by atoms with Gasteiger partial charge in [-0.2, -0.15) is 0 Å². The molecular formula is C16H22N2O. The normalized spacial score (nSPS) is 26.5. The fourth-order valence-corrected chi connectivity index (χ4v) is 3.80. The maximum absolute atomic E-state index is 12.6. The van der Waals surface area contributed by atoms with Gasteiger partial charge in [0.25, 0.3) is 0 Å². The number of fused-ring (bicyclic) bond motifs is 2. The summed E-state index contributed by atoms with van der Waals surface area (Å²) in [5.74, 6) is 0.206. The summed E-state index contributed by atoms with van der Waals surface area (Å²) in [6.07, 6.45) is 3.25. The monoisotopic (exact) mass is 258 g/mol. The highest BCUT2D eigenvalue weighted by molar-refractivity contribution is 6.07. The average Bonchev–Trinajstić information content (AvgIpc) is 2.64. The lowest BCUT2D eigenvalue weighted by atomic mass is 9.73. The zero-order valence-corrected chi connectivity index (χ0v) is 11.8. The lowest BCUT2D eigenvalue weighted by Crippen LogP contribution is -2.50. The van der Waals surface area contributed by atoms with Gasteiger partial charge in [-0.25, -0.2) is 0 Å². The van der Waals surface area contributed by atoms with Crippen molar-refractivity contribution in [1.29, 1.82) is 0 Å². The second-order valence-electron chi connectivity index (χ2n) is 5.91. The Kier molecular flexibility index (Phi) is 3.09. The van der Waals surface area contributed by atoms with E-state index < -0.39 is 0 Å². The van der Waals surface area contributed by atoms with Gasteiger partial charge in [0.1, 0.15) is 0 Å². The van der Waals surface area contributed by atoms with E-state index in [0.29, 0.717) is 0 Å². The molecule has 1 N–H and O–H groups in total. The molecule has 1 spiro atoms. The van der Waals surface area contributed by atoms with Crippen LogP contribution in [0.4, 0.5) is 5.69 Å². The SMILES string of the molecule is CCCN1CCC[C@]2(C1)C(=O)Nc1cccc(C)c12. The number of rotatable bonds is 2. The van der Waals surface area contributed by atoms with Crippen LogP contribution in [0.3, 0.4) is 0 Å². The highest BCUT2D eigenvalue weighted by Gasteiger charge is 2.49. The molecule has 2 aliphatic rings. The first-order valence-corrected chi connectivity index (χ1v) is 7.31. The Morgan fingerprint density at radius 1 is 1.42 bits per heavy atom. The van der Waals surface area contributed by atoms with Crippen LogP contribution in [0.15, 0.2) is 18.2 Å². The third-order valence-corrected chi connectivity index (χ3v) is 4.55. The molecule has 1 atom stereocenters. The quantitative estimate of drug-likeness (QED) is 0.884. The summed E-state index contributed by atoms with van der Waals surface area (Å²) in [5.41, 5.74) is 3.23. The molecule has 0 saturated carbocycles. The van der Waals surface area contributed by atoms with Gasteiger partial charge >= 0.3 is 0 Å². The molecule has 102 valence electrons. The van der Waals surface area contributed by atoms with Crippen molar-refractivity contribution in [3.8, 4) is 0 Å². The van der Waals surface area contributed by atoms with Gasteiger partial charge in [0.2, 0.25) is 5.91 Å². The summed E-state index contributed by atoms with van der Waals surface area (Å²) in [6.45, 7) is 7.43. The van der Waals surface area contributed by atoms with E-state index in [2.05, 4.69) is 30.1 Å². The minimum atomic E-state index is -0.298. The van der Waals surface area contributed by atoms with Crippen LogP contribution in [0.2, 0.25) is 0 Å². The van der Waals surface area contributed by atoms with Gasteiger partial charge < -0.3 is 10.2 Å². The van der Waals surface area contributed by atoms with Gasteiger partial charge in [0.15, 0.2) is 0 Å². The number of nitrogens with one attached hydrogen (secondary N) is 1. The molecule has 2 heterocycles. The zero-order valence-electron chi connectivity index (χ0n) is 11.8. The topological polar surface area (TPSA) is 32.3 Å². The summed E-state index contributed by atoms with van der Waals surface area (Å²) in [5, 5.41) is 3.10. The summed E-state index contributed by atoms with van der Waals surface area (Å²) in [6, 6.07) is 6.19. The van der Waals surface area contributed by atoms with Crippen molar-refractivity contribution in [3.05, 3.63) is 29.3 Å². The Hall–Kier alpha value is -1.35. The Morgan fingerprint density at radius 2 is 2.26 bits per heavy atom. The van der Waals surface area contributed by atoms with Crippen LogP contribution in [-0.2, 0) is 10.2 Å². The molecule has 0 unspecified atom stereocenters. The second-order valence-corrected chi connectivity index (χ2v) is 5.91. The maximum atomic E-state index is 12.6. The molecule has 2 aliphatic heterocycles. The van der Waals surface area contributed by atoms with E-state index >= 15 is 0 Å². The molecule has 1 amide bonds. The predicted molar refractivity (Wildman–Crippen MR) is 77.5 cm³/mol. The number of carbonyl (C=O) groups excluding carboxylic acids is 1. The van der Waals surface area contributed by atoms with Crippen LogP contribution in [-0.4, -0.2) is 30.4 Å². The highest BCUT2D eigenvalue weighted by atomic mass is 16.2. The van der Waals surface area contributed by atoms with Crippen LogP contribution < -0.4 is 5.32 Å². The summed E-state index contributed by atoms with van der Waals surface area (Å²) < 4.78 is 0. The molecule has 3 heteroatoms. The van der Waals surface area contributed by atoms with Crippen LogP contribution in [0.25, 0.3) is 0 Å². The third-order valence-electron chi connectivity index (χ3n) is 4.55. The van der Waals surface area contributed by atoms with Crippen molar-refractivity contribution < 1.29 is 4.79 Å². The average molecular weight is 258 g/mol. The van der Waals surface area contributed by atoms with E-state index in [-0.39, 0.29) is 11.3 Å². The van der Waals surface area contributed by atoms with Crippen LogP contribution in [0, 0.1) is 6.92 Å². The van der Waals surface area contributed by atoms with Gasteiger partial charge in [-0.05, 0) is 56.5 Å². The number of piperidine rings is 1. The largest absolute Gasteiger partial charge is 0.325 e. The van der Waals surface area contributed by atoms with Gasteiger partial charge in [-0.3, -0.25) is 4.79 Å². The fourth-order valence-electron chi connectivity index (χ4n) is 3.80. The number of carbonyl (C=O) groups is 1. The molecule has 1 aromatic carbocycles. The summed E-state index contributed by atoms with van der Waals surface area (Å²) >= 11 is 0. The van der Waals surface area contributed by atoms with Gasteiger partial charge in [-0.15, -0.1) is 0 Å². The summed E-state index contributed by atoms with van der Waals surface area (Å²) in [4.78, 5) is 15.0. The lowest BCUT2D eigenvalue weighted by molar-refractivity contribution is -0.122. The van der Waals surface area contributed by atoms with E-state index in [1.165, 1.54) is 11.1 Å². The molecule has 0 radical (unpaired) electrons. The lowest BCUT2D eigenvalue weighted by Gasteiger charge is -2.39. The number of amides is 1. The minimum Gasteiger partial charge on any atom is -0.325 e. The van der Waals surface area contributed by atoms with E-state index in [9.17, 15) is 4.79 Å². The maximum Gasteiger partial charge on any atom is 0.236 e. The van der Waals surface area contributed by atoms with Gasteiger partial charge in [0, 0.05) is 12.2 Å². The van der Waals surface area contributed by atoms with E-state index in [1.807, 2.05) is 12.1 Å². The van der Waals surface area contributed by atoms with Gasteiger partial charge in [0.05, 0.1) is 5.41 Å². The number of aryl methyl sites for hydroxylation is 1. The molecular weight excluding hydrogens is 236 g/mol. The van der Waals surface area contributed by atoms with Crippen molar-refractivity contribution >= 4 is 11.6 Å². The molecule has 1 aromatic rings. The molecule has 1 fully saturated rings. The Morgan fingerprint density at radius 3 is 3.05 bits per heavy atom. The van der Waals surface area contributed by atoms with Crippen molar-refractivity contribution in [3.63, 3.8) is 0 Å². The predicted octanol–water partition coefficient (Wildman–Crippen LogP) is 2.69. The van der Waals surface area contributed by atoms with Crippen LogP contribution in [0.5, 0.6) is 0 Å². The first-order chi connectivity index (χ1) is 9.17. The van der Waals surface area contributed by atoms with Crippen molar-refractivity contribution in [2.75, 3.05) is 25.0 Å². The van der Waals surface area contributed by atoms with E-state index in [4.69, 9.17) is 0 Å². The number of nitrogens with zero attached hydrogens (tertiary/aromatic N) is 1. The number of anilines is 1. The molecule has 0 bridgehead atoms. The number of hydrogen-bond donors (Lipinski definition) is 1. The zero-order chi connectivity index (χ0) is 13.5. The van der Waals surface area contributed by atoms with Crippen LogP contribution >= 0.6 is 0 Å². The second kappa shape index (κ2) is 4.64. The number of benzene rings is 1. The molecule has 3 rings (SSSR count). The van der Waals surface area contributed by atoms with Crippen molar-refractivity contribution in [2.24, 2.45) is 0 Å². The standard InChI is InChI=1S/C16H22N2O/c1-3-9-18-10-5-8-16(11-18)14-12(2)6-4-7-13(14)17-15(16)19/h4,6-7H,3,5,8-11H2,1-2H3,(H,17,19)/t16-/m1/s1. The van der Waals surface area contributed by atoms with Gasteiger partial charge in [-0.1, -0.05) is 19.1 Å². The number of likely N-dealkylation sites (tertiary alicyclic amines) is 1. The first-order valence-electron chi connectivity index (χ1n) is 7.31. The highest BCUT2D eigenvalue weighted by Crippen LogP contribution is 2.45. The molecule has 0 aromatic heterocycles. The van der Waals surface area contributed by atoms with Crippen molar-refractivity contribution in [2.45, 2.75) is 38.5 Å². The molecule has 19 heavy (non-hydrogen) atoms. The molecule has 0 aliphatic carbocycles. The molecule has 1 saturated heterocycles. The number of hydrogen-bond acceptors (Lipinski definition) is 2. The Labute approximate surface area is 115 Å². The van der Waals surface area contributed by atoms with Crippen LogP contribution in [0.1, 0.15) is 37.3 Å². The van der Waals surface area contributed by atoms with E-state index in [1.54, 1.807) is 0 Å². The third kappa shape index (κ3) is 1.88. The smallest absolute Gasteiger partial charge is 0.236 e. The molecule has 3 nitrogen and oxygen atoms in total. The van der Waals surface area contributed by atoms with Crippen molar-refractivity contribution in [1.82, 2.24) is 4.90 Å². The Bertz CT molecular complexity index is 509. The summed E-state index contributed by atoms with van der Waals surface area (Å²) in [7, 11) is 0. The first kappa shape index (κ1) is 12.7. The minimum absolute atomic E-state index is 0.206.